The first-order valence-corrected chi connectivity index (χ1v) is 9.22. The molecular weight excluding hydrogens is 384 g/mol. The van der Waals surface area contributed by atoms with E-state index in [1.54, 1.807) is 0 Å². The van der Waals surface area contributed by atoms with Crippen LogP contribution < -0.4 is 16.4 Å². The van der Waals surface area contributed by atoms with Gasteiger partial charge >= 0.3 is 5.97 Å². The molecule has 1 aliphatic heterocycles. The second-order valence-corrected chi connectivity index (χ2v) is 6.92. The van der Waals surface area contributed by atoms with Gasteiger partial charge in [-0.3, -0.25) is 19.2 Å². The van der Waals surface area contributed by atoms with E-state index in [1.807, 2.05) is 0 Å². The topological polar surface area (TPSA) is 191 Å². The molecule has 1 saturated heterocycles. The standard InChI is InChI=1S/C17H26N6O6/c1-9(24)14(22-15(27)11(18)5-10-6-19-8-21-10)17(29)23-4-2-3-12(23)16(28)20-7-13(25)26/h6,8-9,11-12,14,24H,2-5,7,18H2,1H3,(H,19,21)(H,20,28)(H,22,27)(H,25,26). The Kier molecular flexibility index (Phi) is 7.67. The van der Waals surface area contributed by atoms with E-state index in [9.17, 15) is 24.3 Å². The van der Waals surface area contributed by atoms with Gasteiger partial charge in [0.1, 0.15) is 18.6 Å². The van der Waals surface area contributed by atoms with E-state index in [0.717, 1.165) is 0 Å². The fraction of sp³-hybridized carbons (Fsp3) is 0.588. The van der Waals surface area contributed by atoms with Gasteiger partial charge in [-0.1, -0.05) is 0 Å². The summed E-state index contributed by atoms with van der Waals surface area (Å²) < 4.78 is 0. The molecule has 3 amide bonds. The van der Waals surface area contributed by atoms with E-state index in [4.69, 9.17) is 10.8 Å². The largest absolute Gasteiger partial charge is 0.480 e. The van der Waals surface area contributed by atoms with Crippen LogP contribution in [0.2, 0.25) is 0 Å². The number of imidazole rings is 1. The van der Waals surface area contributed by atoms with Gasteiger partial charge in [-0.05, 0) is 19.8 Å². The van der Waals surface area contributed by atoms with Gasteiger partial charge < -0.3 is 36.5 Å². The van der Waals surface area contributed by atoms with Crippen LogP contribution >= 0.6 is 0 Å². The number of hydrogen-bond acceptors (Lipinski definition) is 7. The highest BCUT2D eigenvalue weighted by atomic mass is 16.4. The lowest BCUT2D eigenvalue weighted by atomic mass is 10.1. The molecule has 1 aromatic rings. The average molecular weight is 410 g/mol. The van der Waals surface area contributed by atoms with Crippen molar-refractivity contribution in [1.82, 2.24) is 25.5 Å². The van der Waals surface area contributed by atoms with Gasteiger partial charge in [0.05, 0.1) is 18.5 Å². The van der Waals surface area contributed by atoms with Gasteiger partial charge in [-0.15, -0.1) is 0 Å². The van der Waals surface area contributed by atoms with Crippen molar-refractivity contribution in [3.05, 3.63) is 18.2 Å². The molecule has 1 aromatic heterocycles. The molecule has 0 aliphatic carbocycles. The van der Waals surface area contributed by atoms with E-state index in [-0.39, 0.29) is 13.0 Å². The van der Waals surface area contributed by atoms with Crippen LogP contribution in [0.3, 0.4) is 0 Å². The number of aliphatic hydroxyl groups excluding tert-OH is 1. The van der Waals surface area contributed by atoms with Crippen molar-refractivity contribution in [2.75, 3.05) is 13.1 Å². The van der Waals surface area contributed by atoms with Crippen LogP contribution in [0.1, 0.15) is 25.5 Å². The number of aliphatic carboxylic acids is 1. The molecular formula is C17H26N6O6. The third kappa shape index (κ3) is 5.99. The average Bonchev–Trinajstić information content (AvgIpc) is 3.34. The monoisotopic (exact) mass is 410 g/mol. The lowest BCUT2D eigenvalue weighted by molar-refractivity contribution is -0.144. The zero-order valence-corrected chi connectivity index (χ0v) is 16.0. The molecule has 12 heteroatoms. The molecule has 0 bridgehead atoms. The van der Waals surface area contributed by atoms with Crippen molar-refractivity contribution in [3.63, 3.8) is 0 Å². The highest BCUT2D eigenvalue weighted by Gasteiger charge is 2.39. The zero-order valence-electron chi connectivity index (χ0n) is 16.0. The molecule has 0 aromatic carbocycles. The molecule has 2 heterocycles. The number of aromatic nitrogens is 2. The van der Waals surface area contributed by atoms with Crippen LogP contribution in [0.25, 0.3) is 0 Å². The minimum atomic E-state index is -1.29. The lowest BCUT2D eigenvalue weighted by Crippen LogP contribution is -2.59. The molecule has 160 valence electrons. The Balaban J connectivity index is 2.02. The van der Waals surface area contributed by atoms with Crippen molar-refractivity contribution < 1.29 is 29.4 Å². The second-order valence-electron chi connectivity index (χ2n) is 6.92. The molecule has 0 radical (unpaired) electrons. The number of nitrogens with one attached hydrogen (secondary N) is 3. The summed E-state index contributed by atoms with van der Waals surface area (Å²) in [4.78, 5) is 56.1. The molecule has 12 nitrogen and oxygen atoms in total. The number of carboxylic acid groups (broad SMARTS) is 1. The van der Waals surface area contributed by atoms with Crippen molar-refractivity contribution in [3.8, 4) is 0 Å². The predicted molar refractivity (Wildman–Crippen MR) is 99.3 cm³/mol. The number of carbonyl (C=O) groups is 4. The highest BCUT2D eigenvalue weighted by molar-refractivity contribution is 5.94. The number of nitrogens with zero attached hydrogens (tertiary/aromatic N) is 2. The van der Waals surface area contributed by atoms with Gasteiger partial charge in [0.2, 0.25) is 17.7 Å². The Hall–Kier alpha value is -2.99. The summed E-state index contributed by atoms with van der Waals surface area (Å²) in [7, 11) is 0. The minimum Gasteiger partial charge on any atom is -0.480 e. The summed E-state index contributed by atoms with van der Waals surface area (Å²) in [5.41, 5.74) is 6.51. The van der Waals surface area contributed by atoms with Gasteiger partial charge in [-0.25, -0.2) is 4.98 Å². The molecule has 4 unspecified atom stereocenters. The van der Waals surface area contributed by atoms with Crippen LogP contribution in [0.5, 0.6) is 0 Å². The maximum absolute atomic E-state index is 12.9. The zero-order chi connectivity index (χ0) is 21.6. The lowest BCUT2D eigenvalue weighted by Gasteiger charge is -2.30. The maximum Gasteiger partial charge on any atom is 0.322 e. The Morgan fingerprint density at radius 3 is 2.72 bits per heavy atom. The number of H-pyrrole nitrogens is 1. The van der Waals surface area contributed by atoms with Crippen LogP contribution in [-0.2, 0) is 25.6 Å². The number of likely N-dealkylation sites (tertiary alicyclic amines) is 1. The van der Waals surface area contributed by atoms with Crippen molar-refractivity contribution >= 4 is 23.7 Å². The summed E-state index contributed by atoms with van der Waals surface area (Å²) in [5.74, 6) is -3.06. The molecule has 1 fully saturated rings. The van der Waals surface area contributed by atoms with E-state index in [1.165, 1.54) is 24.3 Å². The van der Waals surface area contributed by atoms with E-state index >= 15 is 0 Å². The predicted octanol–water partition coefficient (Wildman–Crippen LogP) is -2.66. The first-order chi connectivity index (χ1) is 13.7. The normalized spacial score (nSPS) is 19.3. The molecule has 29 heavy (non-hydrogen) atoms. The summed E-state index contributed by atoms with van der Waals surface area (Å²) in [6.07, 6.45) is 2.80. The van der Waals surface area contributed by atoms with Crippen molar-refractivity contribution in [1.29, 1.82) is 0 Å². The van der Waals surface area contributed by atoms with Crippen LogP contribution in [0, 0.1) is 0 Å². The summed E-state index contributed by atoms with van der Waals surface area (Å²) in [5, 5.41) is 23.4. The second kappa shape index (κ2) is 9.98. The number of hydrogen-bond donors (Lipinski definition) is 6. The SMILES string of the molecule is CC(O)C(NC(=O)C(N)Cc1cnc[nH]1)C(=O)N1CCCC1C(=O)NCC(=O)O. The first kappa shape index (κ1) is 22.3. The quantitative estimate of drug-likeness (QED) is 0.254. The molecule has 7 N–H and O–H groups in total. The summed E-state index contributed by atoms with van der Waals surface area (Å²) >= 11 is 0. The van der Waals surface area contributed by atoms with Gasteiger partial charge in [-0.2, -0.15) is 0 Å². The fourth-order valence-corrected chi connectivity index (χ4v) is 3.14. The Morgan fingerprint density at radius 1 is 1.41 bits per heavy atom. The number of amides is 3. The van der Waals surface area contributed by atoms with Gasteiger partial charge in [0, 0.05) is 24.9 Å². The van der Waals surface area contributed by atoms with Crippen LogP contribution in [0.4, 0.5) is 0 Å². The molecule has 2 rings (SSSR count). The molecule has 1 aliphatic rings. The van der Waals surface area contributed by atoms with E-state index in [0.29, 0.717) is 18.5 Å². The Bertz CT molecular complexity index is 737. The Morgan fingerprint density at radius 2 is 2.14 bits per heavy atom. The highest BCUT2D eigenvalue weighted by Crippen LogP contribution is 2.19. The number of aromatic amines is 1. The first-order valence-electron chi connectivity index (χ1n) is 9.22. The summed E-state index contributed by atoms with van der Waals surface area (Å²) in [6.45, 7) is 1.04. The number of carbonyl (C=O) groups excluding carboxylic acids is 3. The molecule has 0 spiro atoms. The summed E-state index contributed by atoms with van der Waals surface area (Å²) in [6, 6.07) is -3.13. The number of rotatable bonds is 9. The fourth-order valence-electron chi connectivity index (χ4n) is 3.14. The van der Waals surface area contributed by atoms with Crippen LogP contribution in [-0.4, -0.2) is 86.1 Å². The number of carboxylic acids is 1. The number of nitrogens with two attached hydrogens (primary N) is 1. The van der Waals surface area contributed by atoms with Crippen molar-refractivity contribution in [2.24, 2.45) is 5.73 Å². The van der Waals surface area contributed by atoms with Crippen LogP contribution in [0.15, 0.2) is 12.5 Å². The molecule has 4 atom stereocenters. The van der Waals surface area contributed by atoms with E-state index < -0.39 is 54.5 Å². The van der Waals surface area contributed by atoms with Gasteiger partial charge in [0.25, 0.3) is 0 Å². The van der Waals surface area contributed by atoms with E-state index in [2.05, 4.69) is 20.6 Å². The molecule has 0 saturated carbocycles. The van der Waals surface area contributed by atoms with Gasteiger partial charge in [0.15, 0.2) is 0 Å². The minimum absolute atomic E-state index is 0.163. The third-order valence-corrected chi connectivity index (χ3v) is 4.63. The number of aliphatic hydroxyl groups is 1. The maximum atomic E-state index is 12.9. The smallest absolute Gasteiger partial charge is 0.322 e. The van der Waals surface area contributed by atoms with Crippen molar-refractivity contribution in [2.45, 2.75) is 50.4 Å². The third-order valence-electron chi connectivity index (χ3n) is 4.63. The Labute approximate surface area is 166 Å².